The van der Waals surface area contributed by atoms with Gasteiger partial charge in [-0.3, -0.25) is 9.59 Å². The third-order valence-electron chi connectivity index (χ3n) is 5.39. The molecule has 0 aliphatic carbocycles. The quantitative estimate of drug-likeness (QED) is 0.717. The average Bonchev–Trinajstić information content (AvgIpc) is 2.65. The number of anilines is 1. The smallest absolute Gasteiger partial charge is 0.251 e. The van der Waals surface area contributed by atoms with E-state index in [9.17, 15) is 9.59 Å². The number of carbonyl (C=O) groups excluding carboxylic acids is 2. The minimum absolute atomic E-state index is 0.130. The molecule has 0 radical (unpaired) electrons. The summed E-state index contributed by atoms with van der Waals surface area (Å²) in [4.78, 5) is 27.2. The zero-order valence-electron chi connectivity index (χ0n) is 17.6. The molecule has 5 heteroatoms. The molecule has 4 nitrogen and oxygen atoms in total. The second kappa shape index (κ2) is 8.58. The summed E-state index contributed by atoms with van der Waals surface area (Å²) in [6.07, 6.45) is 2.39. The molecule has 0 fully saturated rings. The zero-order valence-corrected chi connectivity index (χ0v) is 18.3. The van der Waals surface area contributed by atoms with Crippen LogP contribution < -0.4 is 10.2 Å². The molecule has 1 aliphatic rings. The van der Waals surface area contributed by atoms with Crippen LogP contribution in [0.15, 0.2) is 42.5 Å². The van der Waals surface area contributed by atoms with Gasteiger partial charge in [0, 0.05) is 34.8 Å². The van der Waals surface area contributed by atoms with Crippen LogP contribution in [0.3, 0.4) is 0 Å². The monoisotopic (exact) mass is 412 g/mol. The summed E-state index contributed by atoms with van der Waals surface area (Å²) in [5.74, 6) is 0.370. The van der Waals surface area contributed by atoms with Crippen LogP contribution in [0, 0.1) is 5.92 Å². The van der Waals surface area contributed by atoms with Gasteiger partial charge in [0.2, 0.25) is 5.91 Å². The van der Waals surface area contributed by atoms with Crippen LogP contribution in [0.5, 0.6) is 0 Å². The number of halogens is 1. The van der Waals surface area contributed by atoms with Gasteiger partial charge in [-0.2, -0.15) is 0 Å². The molecule has 0 aromatic heterocycles. The highest BCUT2D eigenvalue weighted by molar-refractivity contribution is 6.30. The maximum atomic E-state index is 12.9. The minimum Gasteiger partial charge on any atom is -0.348 e. The first-order chi connectivity index (χ1) is 13.7. The first kappa shape index (κ1) is 21.4. The zero-order chi connectivity index (χ0) is 21.2. The van der Waals surface area contributed by atoms with Gasteiger partial charge in [0.15, 0.2) is 0 Å². The van der Waals surface area contributed by atoms with Crippen LogP contribution in [0.2, 0.25) is 5.02 Å². The van der Waals surface area contributed by atoms with Gasteiger partial charge >= 0.3 is 0 Å². The third-order valence-corrected chi connectivity index (χ3v) is 5.64. The second-order valence-corrected chi connectivity index (χ2v) is 9.23. The van der Waals surface area contributed by atoms with Crippen molar-refractivity contribution in [2.75, 3.05) is 4.90 Å². The Morgan fingerprint density at radius 1 is 1.14 bits per heavy atom. The number of carbonyl (C=O) groups is 2. The van der Waals surface area contributed by atoms with Crippen molar-refractivity contribution in [3.63, 3.8) is 0 Å². The summed E-state index contributed by atoms with van der Waals surface area (Å²) in [6.45, 7) is 8.85. The lowest BCUT2D eigenvalue weighted by Gasteiger charge is -2.44. The van der Waals surface area contributed by atoms with E-state index in [0.29, 0.717) is 29.5 Å². The first-order valence-electron chi connectivity index (χ1n) is 10.2. The largest absolute Gasteiger partial charge is 0.348 e. The molecular weight excluding hydrogens is 384 g/mol. The topological polar surface area (TPSA) is 49.4 Å². The van der Waals surface area contributed by atoms with E-state index >= 15 is 0 Å². The predicted octanol–water partition coefficient (Wildman–Crippen LogP) is 5.37. The summed E-state index contributed by atoms with van der Waals surface area (Å²) in [7, 11) is 0. The lowest BCUT2D eigenvalue weighted by molar-refractivity contribution is -0.120. The highest BCUT2D eigenvalue weighted by atomic mass is 35.5. The molecule has 0 bridgehead atoms. The summed E-state index contributed by atoms with van der Waals surface area (Å²) < 4.78 is 0. The molecule has 0 unspecified atom stereocenters. The summed E-state index contributed by atoms with van der Waals surface area (Å²) in [5.41, 5.74) is 3.59. The number of aryl methyl sites for hydroxylation is 1. The molecule has 3 rings (SSSR count). The second-order valence-electron chi connectivity index (χ2n) is 8.79. The Morgan fingerprint density at radius 2 is 1.83 bits per heavy atom. The number of hydrogen-bond donors (Lipinski definition) is 1. The van der Waals surface area contributed by atoms with E-state index in [1.165, 1.54) is 5.56 Å². The summed E-state index contributed by atoms with van der Waals surface area (Å²) in [6, 6.07) is 13.0. The van der Waals surface area contributed by atoms with E-state index in [1.807, 2.05) is 17.0 Å². The van der Waals surface area contributed by atoms with Crippen molar-refractivity contribution in [3.05, 3.63) is 64.2 Å². The van der Waals surface area contributed by atoms with Crippen molar-refractivity contribution >= 4 is 29.1 Å². The van der Waals surface area contributed by atoms with Crippen molar-refractivity contribution in [1.82, 2.24) is 5.32 Å². The van der Waals surface area contributed by atoms with Crippen molar-refractivity contribution in [3.8, 4) is 0 Å². The SMILES string of the molecule is CC(C)CC(=O)N1c2ccc(CNC(=O)c3ccc(Cl)cc3)cc2CCC1(C)C. The Bertz CT molecular complexity index is 904. The molecule has 0 saturated carbocycles. The van der Waals surface area contributed by atoms with Gasteiger partial charge in [0.1, 0.15) is 0 Å². The van der Waals surface area contributed by atoms with Gasteiger partial charge in [0.05, 0.1) is 0 Å². The molecule has 154 valence electrons. The fourth-order valence-electron chi connectivity index (χ4n) is 3.84. The van der Waals surface area contributed by atoms with Crippen molar-refractivity contribution in [1.29, 1.82) is 0 Å². The minimum atomic E-state index is -0.191. The van der Waals surface area contributed by atoms with Gasteiger partial charge in [-0.1, -0.05) is 37.6 Å². The van der Waals surface area contributed by atoms with Crippen LogP contribution in [0.25, 0.3) is 0 Å². The van der Waals surface area contributed by atoms with Crippen LogP contribution in [-0.2, 0) is 17.8 Å². The first-order valence-corrected chi connectivity index (χ1v) is 10.5. The Kier molecular flexibility index (Phi) is 6.33. The Hall–Kier alpha value is -2.33. The van der Waals surface area contributed by atoms with Crippen LogP contribution in [0.4, 0.5) is 5.69 Å². The molecular formula is C24H29ClN2O2. The highest BCUT2D eigenvalue weighted by Crippen LogP contribution is 2.38. The molecule has 29 heavy (non-hydrogen) atoms. The predicted molar refractivity (Wildman–Crippen MR) is 118 cm³/mol. The molecule has 0 atom stereocenters. The molecule has 2 amide bonds. The number of hydrogen-bond acceptors (Lipinski definition) is 2. The summed E-state index contributed by atoms with van der Waals surface area (Å²) in [5, 5.41) is 3.56. The van der Waals surface area contributed by atoms with E-state index in [2.05, 4.69) is 39.1 Å². The lowest BCUT2D eigenvalue weighted by atomic mass is 9.85. The molecule has 0 spiro atoms. The van der Waals surface area contributed by atoms with Crippen molar-refractivity contribution < 1.29 is 9.59 Å². The number of nitrogens with one attached hydrogen (secondary N) is 1. The van der Waals surface area contributed by atoms with Gasteiger partial charge in [-0.15, -0.1) is 0 Å². The van der Waals surface area contributed by atoms with E-state index in [0.717, 1.165) is 24.1 Å². The van der Waals surface area contributed by atoms with E-state index in [1.54, 1.807) is 24.3 Å². The molecule has 2 aromatic carbocycles. The lowest BCUT2D eigenvalue weighted by Crippen LogP contribution is -2.51. The average molecular weight is 413 g/mol. The van der Waals surface area contributed by atoms with Crippen molar-refractivity contribution in [2.24, 2.45) is 5.92 Å². The Labute approximate surface area is 178 Å². The van der Waals surface area contributed by atoms with Gasteiger partial charge < -0.3 is 10.2 Å². The van der Waals surface area contributed by atoms with E-state index < -0.39 is 0 Å². The number of fused-ring (bicyclic) bond motifs is 1. The fraction of sp³-hybridized carbons (Fsp3) is 0.417. The van der Waals surface area contributed by atoms with E-state index in [-0.39, 0.29) is 17.4 Å². The normalized spacial score (nSPS) is 15.2. The Morgan fingerprint density at radius 3 is 2.48 bits per heavy atom. The molecule has 1 aliphatic heterocycles. The van der Waals surface area contributed by atoms with Gasteiger partial charge in [0.25, 0.3) is 5.91 Å². The molecule has 1 heterocycles. The van der Waals surface area contributed by atoms with Crippen molar-refractivity contribution in [2.45, 2.75) is 59.0 Å². The highest BCUT2D eigenvalue weighted by Gasteiger charge is 2.36. The van der Waals surface area contributed by atoms with E-state index in [4.69, 9.17) is 11.6 Å². The number of rotatable bonds is 5. The standard InChI is InChI=1S/C24H29ClN2O2/c1-16(2)13-22(28)27-21-10-5-17(14-19(21)11-12-24(27,3)4)15-26-23(29)18-6-8-20(25)9-7-18/h5-10,14,16H,11-13,15H2,1-4H3,(H,26,29). The van der Waals surface area contributed by atoms with Gasteiger partial charge in [-0.25, -0.2) is 0 Å². The number of amides is 2. The number of benzene rings is 2. The van der Waals surface area contributed by atoms with Gasteiger partial charge in [-0.05, 0) is 74.1 Å². The van der Waals surface area contributed by atoms with Crippen LogP contribution >= 0.6 is 11.6 Å². The van der Waals surface area contributed by atoms with Crippen LogP contribution in [-0.4, -0.2) is 17.4 Å². The maximum Gasteiger partial charge on any atom is 0.251 e. The third kappa shape index (κ3) is 4.99. The Balaban J connectivity index is 1.75. The number of nitrogens with zero attached hydrogens (tertiary/aromatic N) is 1. The van der Waals surface area contributed by atoms with Crippen LogP contribution in [0.1, 0.15) is 62.0 Å². The molecule has 1 N–H and O–H groups in total. The molecule has 0 saturated heterocycles. The maximum absolute atomic E-state index is 12.9. The molecule has 2 aromatic rings. The summed E-state index contributed by atoms with van der Waals surface area (Å²) >= 11 is 5.88. The fourth-order valence-corrected chi connectivity index (χ4v) is 3.97.